The topological polar surface area (TPSA) is 0 Å². The molecule has 0 unspecified atom stereocenters. The zero-order valence-corrected chi connectivity index (χ0v) is 14.1. The van der Waals surface area contributed by atoms with Gasteiger partial charge in [-0.25, -0.2) is 0 Å². The van der Waals surface area contributed by atoms with E-state index in [-0.39, 0.29) is 0 Å². The van der Waals surface area contributed by atoms with Crippen molar-refractivity contribution in [2.24, 2.45) is 0 Å². The van der Waals surface area contributed by atoms with Gasteiger partial charge in [0.1, 0.15) is 0 Å². The number of rotatable bonds is 0. The normalized spacial score (nSPS) is 25.7. The van der Waals surface area contributed by atoms with E-state index in [4.69, 9.17) is 0 Å². The summed E-state index contributed by atoms with van der Waals surface area (Å²) >= 11 is 0. The maximum absolute atomic E-state index is 2.53. The fourth-order valence-corrected chi connectivity index (χ4v) is 5.78. The van der Waals surface area contributed by atoms with Crippen LogP contribution >= 0.6 is 0 Å². The summed E-state index contributed by atoms with van der Waals surface area (Å²) < 4.78 is 0. The quantitative estimate of drug-likeness (QED) is 0.485. The molecule has 0 saturated heterocycles. The zero-order chi connectivity index (χ0) is 15.3. The van der Waals surface area contributed by atoms with E-state index in [1.807, 2.05) is 0 Å². The Morgan fingerprint density at radius 3 is 2.17 bits per heavy atom. The van der Waals surface area contributed by atoms with Crippen molar-refractivity contribution in [3.05, 3.63) is 52.6 Å². The van der Waals surface area contributed by atoms with Gasteiger partial charge in [0.2, 0.25) is 0 Å². The first-order chi connectivity index (χ1) is 11.3. The summed E-state index contributed by atoms with van der Waals surface area (Å²) in [6, 6.07) is 7.50. The molecule has 23 heavy (non-hydrogen) atoms. The monoisotopic (exact) mass is 303 g/mol. The molecule has 0 bridgehead atoms. The maximum Gasteiger partial charge on any atom is 0.0666 e. The van der Waals surface area contributed by atoms with E-state index in [1.54, 1.807) is 11.1 Å². The van der Waals surface area contributed by atoms with Crippen molar-refractivity contribution in [1.82, 2.24) is 0 Å². The van der Waals surface area contributed by atoms with Crippen molar-refractivity contribution < 1.29 is 0 Å². The fourth-order valence-electron chi connectivity index (χ4n) is 5.78. The molecule has 0 N–H and O–H groups in total. The standard InChI is InChI=1S/C23H27/c1-3-11-22(12-4-1)15-9-18-17-19-10-16-23(13-5-2-6-14-23)21(19)8-7-20(18)22/h7-10,15-17H,1-6,11-14H2/q+1. The number of hydrogen-bond acceptors (Lipinski definition) is 0. The largest absolute Gasteiger partial charge is 0.0666 e. The molecule has 4 aliphatic rings. The molecule has 0 aliphatic heterocycles. The lowest BCUT2D eigenvalue weighted by molar-refractivity contribution is 0.360. The third-order valence-electron chi connectivity index (χ3n) is 7.08. The molecule has 0 atom stereocenters. The van der Waals surface area contributed by atoms with E-state index in [1.165, 1.54) is 75.3 Å². The van der Waals surface area contributed by atoms with Gasteiger partial charge in [-0.05, 0) is 43.9 Å². The van der Waals surface area contributed by atoms with E-state index in [0.717, 1.165) is 0 Å². The molecule has 5 rings (SSSR count). The summed E-state index contributed by atoms with van der Waals surface area (Å²) in [7, 11) is 0. The van der Waals surface area contributed by atoms with Crippen molar-refractivity contribution in [3.63, 3.8) is 0 Å². The van der Waals surface area contributed by atoms with Gasteiger partial charge in [-0.15, -0.1) is 0 Å². The smallest absolute Gasteiger partial charge is 0.0625 e. The Kier molecular flexibility index (Phi) is 3.05. The fraction of sp³-hybridized carbons (Fsp3) is 0.522. The minimum absolute atomic E-state index is 0.365. The third-order valence-corrected chi connectivity index (χ3v) is 7.08. The van der Waals surface area contributed by atoms with Crippen LogP contribution in [0.5, 0.6) is 0 Å². The van der Waals surface area contributed by atoms with E-state index < -0.39 is 0 Å². The van der Waals surface area contributed by atoms with Crippen LogP contribution in [-0.4, -0.2) is 0 Å². The summed E-state index contributed by atoms with van der Waals surface area (Å²) in [5.74, 6) is 0. The molecule has 4 aliphatic carbocycles. The first-order valence-electron chi connectivity index (χ1n) is 9.72. The minimum atomic E-state index is 0.365. The molecule has 118 valence electrons. The van der Waals surface area contributed by atoms with Crippen LogP contribution in [0.4, 0.5) is 0 Å². The average Bonchev–Trinajstić information content (AvgIpc) is 3.00. The van der Waals surface area contributed by atoms with Gasteiger partial charge < -0.3 is 0 Å². The Morgan fingerprint density at radius 1 is 0.739 bits per heavy atom. The van der Waals surface area contributed by atoms with Gasteiger partial charge in [-0.3, -0.25) is 0 Å². The molecular formula is C23H27+. The predicted molar refractivity (Wildman–Crippen MR) is 98.4 cm³/mol. The van der Waals surface area contributed by atoms with Gasteiger partial charge in [-0.1, -0.05) is 44.6 Å². The highest BCUT2D eigenvalue weighted by Gasteiger charge is 2.42. The molecule has 2 fully saturated rings. The molecule has 0 nitrogen and oxygen atoms in total. The van der Waals surface area contributed by atoms with Crippen molar-refractivity contribution in [2.45, 2.75) is 75.0 Å². The summed E-state index contributed by atoms with van der Waals surface area (Å²) in [5, 5.41) is 0. The molecule has 0 aromatic heterocycles. The predicted octanol–water partition coefficient (Wildman–Crippen LogP) is 6.43. The van der Waals surface area contributed by atoms with Crippen LogP contribution in [-0.2, 0) is 10.8 Å². The van der Waals surface area contributed by atoms with Crippen LogP contribution in [0.3, 0.4) is 0 Å². The van der Waals surface area contributed by atoms with Gasteiger partial charge >= 0.3 is 0 Å². The summed E-state index contributed by atoms with van der Waals surface area (Å²) in [5.41, 5.74) is 6.95. The Hall–Kier alpha value is -1.43. The highest BCUT2D eigenvalue weighted by molar-refractivity contribution is 5.72. The lowest BCUT2D eigenvalue weighted by atomic mass is 9.70. The van der Waals surface area contributed by atoms with E-state index in [2.05, 4.69) is 42.5 Å². The van der Waals surface area contributed by atoms with Crippen molar-refractivity contribution in [3.8, 4) is 0 Å². The number of hydrogen-bond donors (Lipinski definition) is 0. The SMILES string of the molecule is C1=CC2(CCCCC2)c2ccc3[c+](cc21)C=CC31CCCCC1. The van der Waals surface area contributed by atoms with Gasteiger partial charge in [0.05, 0.1) is 16.5 Å². The van der Waals surface area contributed by atoms with E-state index in [9.17, 15) is 0 Å². The molecule has 0 radical (unpaired) electrons. The number of allylic oxidation sites excluding steroid dienone is 2. The van der Waals surface area contributed by atoms with Crippen LogP contribution < -0.4 is 0 Å². The Morgan fingerprint density at radius 2 is 1.43 bits per heavy atom. The zero-order valence-electron chi connectivity index (χ0n) is 14.1. The highest BCUT2D eigenvalue weighted by atomic mass is 14.4. The second-order valence-electron chi connectivity index (χ2n) is 8.32. The Labute approximate surface area is 140 Å². The summed E-state index contributed by atoms with van der Waals surface area (Å²) in [6.45, 7) is 0. The molecule has 2 spiro atoms. The van der Waals surface area contributed by atoms with Crippen molar-refractivity contribution in [1.29, 1.82) is 0 Å². The van der Waals surface area contributed by atoms with Crippen LogP contribution in [0.25, 0.3) is 12.2 Å². The molecular weight excluding hydrogens is 276 g/mol. The lowest BCUT2D eigenvalue weighted by Crippen LogP contribution is -2.25. The van der Waals surface area contributed by atoms with Crippen LogP contribution in [0.2, 0.25) is 0 Å². The summed E-state index contributed by atoms with van der Waals surface area (Å²) in [6.07, 6.45) is 23.7. The van der Waals surface area contributed by atoms with Crippen LogP contribution in [0.15, 0.2) is 30.4 Å². The molecule has 2 saturated carbocycles. The first-order valence-corrected chi connectivity index (χ1v) is 9.72. The Balaban J connectivity index is 1.63. The van der Waals surface area contributed by atoms with Crippen molar-refractivity contribution >= 4 is 12.2 Å². The van der Waals surface area contributed by atoms with Gasteiger partial charge in [0, 0.05) is 34.8 Å². The lowest BCUT2D eigenvalue weighted by Gasteiger charge is -2.31. The molecule has 0 heteroatoms. The Bertz CT molecular complexity index is 638. The minimum Gasteiger partial charge on any atom is -0.0625 e. The van der Waals surface area contributed by atoms with Crippen LogP contribution in [0.1, 0.15) is 86.5 Å². The molecule has 1 aromatic carbocycles. The number of fused-ring (bicyclic) bond motifs is 4. The third kappa shape index (κ3) is 2.00. The second-order valence-corrected chi connectivity index (χ2v) is 8.32. The molecule has 0 amide bonds. The molecule has 0 heterocycles. The van der Waals surface area contributed by atoms with Gasteiger partial charge in [0.15, 0.2) is 0 Å². The maximum atomic E-state index is 2.53. The second kappa shape index (κ2) is 5.03. The average molecular weight is 303 g/mol. The van der Waals surface area contributed by atoms with Gasteiger partial charge in [0.25, 0.3) is 0 Å². The van der Waals surface area contributed by atoms with Gasteiger partial charge in [-0.2, -0.15) is 0 Å². The van der Waals surface area contributed by atoms with E-state index >= 15 is 0 Å². The molecule has 1 aromatic rings. The summed E-state index contributed by atoms with van der Waals surface area (Å²) in [4.78, 5) is 0. The first kappa shape index (κ1) is 14.0. The van der Waals surface area contributed by atoms with Crippen molar-refractivity contribution in [2.75, 3.05) is 0 Å². The highest BCUT2D eigenvalue weighted by Crippen LogP contribution is 2.50. The van der Waals surface area contributed by atoms with Crippen LogP contribution in [0, 0.1) is 0 Å². The van der Waals surface area contributed by atoms with E-state index in [0.29, 0.717) is 10.8 Å².